The molecule has 3 nitrogen and oxygen atoms in total. The fraction of sp³-hybridized carbons (Fsp3) is 0.333. The van der Waals surface area contributed by atoms with Crippen LogP contribution in [0.5, 0.6) is 5.75 Å². The number of carbonyl (C=O) groups is 1. The molecule has 0 aliphatic heterocycles. The predicted octanol–water partition coefficient (Wildman–Crippen LogP) is 4.04. The largest absolute Gasteiger partial charge is 0.573 e. The summed E-state index contributed by atoms with van der Waals surface area (Å²) >= 11 is 10.3. The van der Waals surface area contributed by atoms with Crippen molar-refractivity contribution in [3.05, 3.63) is 23.0 Å². The number of rotatable bonds is 4. The van der Waals surface area contributed by atoms with Gasteiger partial charge in [0.2, 0.25) is 0 Å². The molecular formula is C9H4Cl2F5NO2. The summed E-state index contributed by atoms with van der Waals surface area (Å²) in [6.07, 6.45) is -7.92. The van der Waals surface area contributed by atoms with Crippen molar-refractivity contribution < 1.29 is 31.5 Å². The van der Waals surface area contributed by atoms with E-state index in [9.17, 15) is 26.7 Å². The molecule has 0 N–H and O–H groups in total. The summed E-state index contributed by atoms with van der Waals surface area (Å²) in [5.41, 5.74) is -2.68. The highest BCUT2D eigenvalue weighted by Crippen LogP contribution is 2.36. The molecule has 0 aliphatic rings. The molecule has 0 saturated carbocycles. The van der Waals surface area contributed by atoms with Crippen LogP contribution in [-0.2, 0) is 5.88 Å². The maximum Gasteiger partial charge on any atom is 0.573 e. The maximum atomic E-state index is 12.6. The Hall–Kier alpha value is -1.15. The standard InChI is InChI=1S/C9H4Cl2F5NO2/c10-1-4-6(19-9(14,15)16)5(7(11)18)3(2-17-4)8(12)13/h2,8H,1H2. The maximum absolute atomic E-state index is 12.6. The molecule has 0 saturated heterocycles. The fourth-order valence-electron chi connectivity index (χ4n) is 1.24. The Morgan fingerprint density at radius 2 is 2.00 bits per heavy atom. The second kappa shape index (κ2) is 5.87. The van der Waals surface area contributed by atoms with Crippen molar-refractivity contribution in [3.8, 4) is 5.75 Å². The molecule has 19 heavy (non-hydrogen) atoms. The minimum atomic E-state index is -5.20. The molecule has 0 amide bonds. The van der Waals surface area contributed by atoms with Crippen LogP contribution in [0.15, 0.2) is 6.20 Å². The molecule has 0 unspecified atom stereocenters. The monoisotopic (exact) mass is 323 g/mol. The molecule has 0 aliphatic carbocycles. The molecule has 0 spiro atoms. The summed E-state index contributed by atoms with van der Waals surface area (Å²) in [6.45, 7) is 0. The van der Waals surface area contributed by atoms with Crippen molar-refractivity contribution in [1.29, 1.82) is 0 Å². The summed E-state index contributed by atoms with van der Waals surface area (Å²) in [5.74, 6) is -1.79. The van der Waals surface area contributed by atoms with Crippen LogP contribution in [0.3, 0.4) is 0 Å². The number of hydrogen-bond acceptors (Lipinski definition) is 3. The lowest BCUT2D eigenvalue weighted by molar-refractivity contribution is -0.275. The van der Waals surface area contributed by atoms with Gasteiger partial charge in [0.25, 0.3) is 11.7 Å². The molecule has 0 bridgehead atoms. The summed E-state index contributed by atoms with van der Waals surface area (Å²) in [6, 6.07) is 0. The van der Waals surface area contributed by atoms with Crippen LogP contribution in [-0.4, -0.2) is 16.6 Å². The highest BCUT2D eigenvalue weighted by atomic mass is 35.5. The number of pyridine rings is 1. The zero-order chi connectivity index (χ0) is 14.8. The Kier molecular flexibility index (Phi) is 4.92. The molecule has 0 aromatic carbocycles. The molecule has 10 heteroatoms. The number of carbonyl (C=O) groups excluding carboxylic acids is 1. The molecule has 106 valence electrons. The van der Waals surface area contributed by atoms with E-state index in [1.54, 1.807) is 0 Å². The molecule has 0 fully saturated rings. The van der Waals surface area contributed by atoms with Gasteiger partial charge in [0.15, 0.2) is 5.75 Å². The lowest BCUT2D eigenvalue weighted by Gasteiger charge is -2.16. The Bertz CT molecular complexity index is 492. The van der Waals surface area contributed by atoms with Crippen molar-refractivity contribution in [3.63, 3.8) is 0 Å². The predicted molar refractivity (Wildman–Crippen MR) is 55.6 cm³/mol. The first-order chi connectivity index (χ1) is 8.67. The summed E-state index contributed by atoms with van der Waals surface area (Å²) in [7, 11) is 0. The van der Waals surface area contributed by atoms with Crippen molar-refractivity contribution in [2.45, 2.75) is 18.7 Å². The second-order valence-corrected chi connectivity index (χ2v) is 3.73. The van der Waals surface area contributed by atoms with Crippen LogP contribution in [0, 0.1) is 0 Å². The molecule has 0 radical (unpaired) electrons. The third kappa shape index (κ3) is 3.90. The van der Waals surface area contributed by atoms with E-state index < -0.39 is 46.5 Å². The number of ether oxygens (including phenoxy) is 1. The van der Waals surface area contributed by atoms with Crippen LogP contribution in [0.1, 0.15) is 28.0 Å². The number of aromatic nitrogens is 1. The van der Waals surface area contributed by atoms with E-state index in [0.717, 1.165) is 0 Å². The van der Waals surface area contributed by atoms with Gasteiger partial charge in [0.1, 0.15) is 0 Å². The van der Waals surface area contributed by atoms with Gasteiger partial charge in [-0.3, -0.25) is 9.78 Å². The van der Waals surface area contributed by atoms with Crippen molar-refractivity contribution >= 4 is 28.4 Å². The zero-order valence-corrected chi connectivity index (χ0v) is 10.3. The van der Waals surface area contributed by atoms with Crippen LogP contribution < -0.4 is 4.74 Å². The molecule has 1 aromatic rings. The Morgan fingerprint density at radius 1 is 1.42 bits per heavy atom. The van der Waals surface area contributed by atoms with Gasteiger partial charge >= 0.3 is 6.36 Å². The van der Waals surface area contributed by atoms with E-state index in [1.807, 2.05) is 0 Å². The van der Waals surface area contributed by atoms with Gasteiger partial charge in [0, 0.05) is 6.20 Å². The average molecular weight is 324 g/mol. The Balaban J connectivity index is 3.53. The van der Waals surface area contributed by atoms with Gasteiger partial charge in [-0.25, -0.2) is 8.78 Å². The van der Waals surface area contributed by atoms with E-state index in [-0.39, 0.29) is 0 Å². The van der Waals surface area contributed by atoms with Gasteiger partial charge in [-0.05, 0) is 11.6 Å². The van der Waals surface area contributed by atoms with Crippen LogP contribution in [0.25, 0.3) is 0 Å². The Labute approximate surface area is 113 Å². The summed E-state index contributed by atoms with van der Waals surface area (Å²) in [5, 5.41) is -1.52. The first-order valence-electron chi connectivity index (χ1n) is 4.48. The smallest absolute Gasteiger partial charge is 0.403 e. The zero-order valence-electron chi connectivity index (χ0n) is 8.77. The number of halogens is 7. The van der Waals surface area contributed by atoms with Gasteiger partial charge in [-0.15, -0.1) is 24.8 Å². The van der Waals surface area contributed by atoms with Crippen molar-refractivity contribution in [2.75, 3.05) is 0 Å². The molecule has 1 rings (SSSR count). The highest BCUT2D eigenvalue weighted by Gasteiger charge is 2.36. The van der Waals surface area contributed by atoms with Crippen LogP contribution in [0.2, 0.25) is 0 Å². The average Bonchev–Trinajstić information content (AvgIpc) is 2.25. The van der Waals surface area contributed by atoms with Gasteiger partial charge < -0.3 is 4.74 Å². The molecule has 1 heterocycles. The minimum absolute atomic E-state index is 0.521. The van der Waals surface area contributed by atoms with Crippen LogP contribution >= 0.6 is 23.2 Å². The quantitative estimate of drug-likeness (QED) is 0.477. The number of hydrogen-bond donors (Lipinski definition) is 0. The normalized spacial score (nSPS) is 11.8. The molecule has 1 aromatic heterocycles. The van der Waals surface area contributed by atoms with Gasteiger partial charge in [-0.2, -0.15) is 0 Å². The first-order valence-corrected chi connectivity index (χ1v) is 5.40. The van der Waals surface area contributed by atoms with E-state index in [0.29, 0.717) is 6.20 Å². The van der Waals surface area contributed by atoms with Crippen molar-refractivity contribution in [1.82, 2.24) is 4.98 Å². The molecular weight excluding hydrogens is 320 g/mol. The summed E-state index contributed by atoms with van der Waals surface area (Å²) in [4.78, 5) is 14.4. The SMILES string of the molecule is O=C(Cl)c1c(C(F)F)cnc(CCl)c1OC(F)(F)F. The topological polar surface area (TPSA) is 39.2 Å². The second-order valence-electron chi connectivity index (χ2n) is 3.12. The lowest BCUT2D eigenvalue weighted by atomic mass is 10.1. The van der Waals surface area contributed by atoms with E-state index in [4.69, 9.17) is 23.2 Å². The van der Waals surface area contributed by atoms with Crippen molar-refractivity contribution in [2.24, 2.45) is 0 Å². The third-order valence-electron chi connectivity index (χ3n) is 1.91. The van der Waals surface area contributed by atoms with Gasteiger partial charge in [0.05, 0.1) is 22.7 Å². The first kappa shape index (κ1) is 15.9. The Morgan fingerprint density at radius 3 is 2.37 bits per heavy atom. The molecule has 0 atom stereocenters. The number of alkyl halides is 6. The van der Waals surface area contributed by atoms with Gasteiger partial charge in [-0.1, -0.05) is 0 Å². The lowest BCUT2D eigenvalue weighted by Crippen LogP contribution is -2.21. The summed E-state index contributed by atoms with van der Waals surface area (Å²) < 4.78 is 65.3. The fourth-order valence-corrected chi connectivity index (χ4v) is 1.62. The third-order valence-corrected chi connectivity index (χ3v) is 2.36. The van der Waals surface area contributed by atoms with E-state index >= 15 is 0 Å². The highest BCUT2D eigenvalue weighted by molar-refractivity contribution is 6.68. The number of nitrogens with zero attached hydrogens (tertiary/aromatic N) is 1. The van der Waals surface area contributed by atoms with E-state index in [2.05, 4.69) is 9.72 Å². The van der Waals surface area contributed by atoms with Crippen LogP contribution in [0.4, 0.5) is 22.0 Å². The minimum Gasteiger partial charge on any atom is -0.403 e. The van der Waals surface area contributed by atoms with E-state index in [1.165, 1.54) is 0 Å².